The maximum atomic E-state index is 11.3. The third-order valence-corrected chi connectivity index (χ3v) is 3.79. The first-order valence-corrected chi connectivity index (χ1v) is 6.53. The van der Waals surface area contributed by atoms with Gasteiger partial charge in [0.1, 0.15) is 0 Å². The Kier molecular flexibility index (Phi) is 2.79. The number of hydrogen-bond donors (Lipinski definition) is 1. The normalized spacial score (nSPS) is 19.4. The second-order valence-electron chi connectivity index (χ2n) is 4.06. The molecule has 1 aliphatic heterocycles. The Balaban J connectivity index is 1.69. The number of nitrogens with zero attached hydrogens (tertiary/aromatic N) is 1. The van der Waals surface area contributed by atoms with E-state index in [4.69, 9.17) is 0 Å². The van der Waals surface area contributed by atoms with Crippen molar-refractivity contribution in [2.24, 2.45) is 5.92 Å². The minimum Gasteiger partial charge on any atom is -0.393 e. The van der Waals surface area contributed by atoms with E-state index < -0.39 is 11.9 Å². The number of imidazole rings is 1. The summed E-state index contributed by atoms with van der Waals surface area (Å²) in [5, 5.41) is 0.753. The lowest BCUT2D eigenvalue weighted by molar-refractivity contribution is -0.152. The molecule has 0 bridgehead atoms. The number of fused-ring (bicyclic) bond motifs is 1. The Bertz CT molecular complexity index is 590. The number of aromatic nitrogens is 2. The van der Waals surface area contributed by atoms with Crippen LogP contribution in [0.3, 0.4) is 0 Å². The van der Waals surface area contributed by atoms with Gasteiger partial charge in [-0.1, -0.05) is 23.9 Å². The first-order chi connectivity index (χ1) is 8.72. The molecule has 6 heteroatoms. The number of esters is 2. The molecular formula is C12H10N2O3S. The van der Waals surface area contributed by atoms with Crippen LogP contribution in [0.1, 0.15) is 6.42 Å². The topological polar surface area (TPSA) is 72.0 Å². The van der Waals surface area contributed by atoms with Crippen molar-refractivity contribution in [3.8, 4) is 0 Å². The Morgan fingerprint density at radius 2 is 2.22 bits per heavy atom. The molecule has 1 unspecified atom stereocenters. The summed E-state index contributed by atoms with van der Waals surface area (Å²) < 4.78 is 4.50. The van der Waals surface area contributed by atoms with Crippen molar-refractivity contribution >= 4 is 34.7 Å². The number of carbonyl (C=O) groups is 2. The second kappa shape index (κ2) is 4.45. The van der Waals surface area contributed by atoms with E-state index in [2.05, 4.69) is 14.7 Å². The van der Waals surface area contributed by atoms with Crippen molar-refractivity contribution < 1.29 is 14.3 Å². The lowest BCUT2D eigenvalue weighted by Crippen LogP contribution is -2.10. The molecule has 0 saturated carbocycles. The average molecular weight is 262 g/mol. The lowest BCUT2D eigenvalue weighted by atomic mass is 10.1. The largest absolute Gasteiger partial charge is 0.393 e. The summed E-state index contributed by atoms with van der Waals surface area (Å²) in [5.74, 6) is -0.709. The van der Waals surface area contributed by atoms with Gasteiger partial charge in [-0.05, 0) is 12.1 Å². The number of ether oxygens (including phenoxy) is 1. The highest BCUT2D eigenvalue weighted by Crippen LogP contribution is 2.25. The summed E-state index contributed by atoms with van der Waals surface area (Å²) >= 11 is 1.43. The molecule has 0 spiro atoms. The van der Waals surface area contributed by atoms with Crippen LogP contribution in [0.2, 0.25) is 0 Å². The van der Waals surface area contributed by atoms with Crippen LogP contribution in [0.5, 0.6) is 0 Å². The fraction of sp³-hybridized carbons (Fsp3) is 0.250. The smallest absolute Gasteiger partial charge is 0.318 e. The van der Waals surface area contributed by atoms with Crippen LogP contribution in [0.15, 0.2) is 29.4 Å². The van der Waals surface area contributed by atoms with E-state index in [1.165, 1.54) is 11.8 Å². The molecule has 0 radical (unpaired) electrons. The summed E-state index contributed by atoms with van der Waals surface area (Å²) in [6, 6.07) is 7.72. The monoisotopic (exact) mass is 262 g/mol. The van der Waals surface area contributed by atoms with E-state index >= 15 is 0 Å². The van der Waals surface area contributed by atoms with Crippen LogP contribution < -0.4 is 0 Å². The predicted molar refractivity (Wildman–Crippen MR) is 66.0 cm³/mol. The lowest BCUT2D eigenvalue weighted by Gasteiger charge is -2.00. The van der Waals surface area contributed by atoms with Crippen LogP contribution in [0.4, 0.5) is 0 Å². The van der Waals surface area contributed by atoms with E-state index in [0.29, 0.717) is 5.75 Å². The van der Waals surface area contributed by atoms with Gasteiger partial charge in [-0.25, -0.2) is 4.98 Å². The van der Waals surface area contributed by atoms with Gasteiger partial charge in [0.05, 0.1) is 23.4 Å². The van der Waals surface area contributed by atoms with Gasteiger partial charge in [0, 0.05) is 5.75 Å². The number of benzene rings is 1. The number of cyclic esters (lactones) is 2. The van der Waals surface area contributed by atoms with Gasteiger partial charge in [0.15, 0.2) is 5.16 Å². The maximum absolute atomic E-state index is 11.3. The molecule has 1 saturated heterocycles. The SMILES string of the molecule is O=C1CC(CSc2nc3ccccc3[nH]2)C(=O)O1. The molecular weight excluding hydrogens is 252 g/mol. The third-order valence-electron chi connectivity index (χ3n) is 2.75. The van der Waals surface area contributed by atoms with Crippen LogP contribution in [0, 0.1) is 5.92 Å². The molecule has 3 rings (SSSR count). The van der Waals surface area contributed by atoms with E-state index in [1.54, 1.807) is 0 Å². The molecule has 5 nitrogen and oxygen atoms in total. The highest BCUT2D eigenvalue weighted by Gasteiger charge is 2.33. The van der Waals surface area contributed by atoms with Crippen molar-refractivity contribution in [1.82, 2.24) is 9.97 Å². The summed E-state index contributed by atoms with van der Waals surface area (Å²) in [7, 11) is 0. The van der Waals surface area contributed by atoms with Gasteiger partial charge in [0.25, 0.3) is 0 Å². The maximum Gasteiger partial charge on any atom is 0.318 e. The van der Waals surface area contributed by atoms with Crippen molar-refractivity contribution in [3.05, 3.63) is 24.3 Å². The van der Waals surface area contributed by atoms with E-state index in [9.17, 15) is 9.59 Å². The zero-order valence-electron chi connectivity index (χ0n) is 9.38. The predicted octanol–water partition coefficient (Wildman–Crippen LogP) is 1.74. The Morgan fingerprint density at radius 1 is 1.39 bits per heavy atom. The molecule has 1 fully saturated rings. The zero-order valence-corrected chi connectivity index (χ0v) is 10.2. The minimum absolute atomic E-state index is 0.173. The molecule has 1 N–H and O–H groups in total. The molecule has 2 heterocycles. The number of aromatic amines is 1. The highest BCUT2D eigenvalue weighted by molar-refractivity contribution is 7.99. The molecule has 1 aromatic carbocycles. The Hall–Kier alpha value is -1.82. The van der Waals surface area contributed by atoms with Gasteiger partial charge in [0.2, 0.25) is 0 Å². The van der Waals surface area contributed by atoms with Gasteiger partial charge >= 0.3 is 11.9 Å². The summed E-state index contributed by atoms with van der Waals surface area (Å²) in [4.78, 5) is 29.8. The van der Waals surface area contributed by atoms with Crippen LogP contribution in [-0.4, -0.2) is 27.7 Å². The van der Waals surface area contributed by atoms with Crippen LogP contribution in [0.25, 0.3) is 11.0 Å². The van der Waals surface area contributed by atoms with Gasteiger partial charge < -0.3 is 9.72 Å². The van der Waals surface area contributed by atoms with Crippen molar-refractivity contribution in [1.29, 1.82) is 0 Å². The van der Waals surface area contributed by atoms with E-state index in [0.717, 1.165) is 16.2 Å². The Morgan fingerprint density at radius 3 is 2.94 bits per heavy atom. The van der Waals surface area contributed by atoms with Crippen molar-refractivity contribution in [2.75, 3.05) is 5.75 Å². The van der Waals surface area contributed by atoms with Gasteiger partial charge in [-0.15, -0.1) is 0 Å². The quantitative estimate of drug-likeness (QED) is 0.518. The number of carbonyl (C=O) groups excluding carboxylic acids is 2. The summed E-state index contributed by atoms with van der Waals surface area (Å²) in [6.07, 6.45) is 0.173. The fourth-order valence-electron chi connectivity index (χ4n) is 1.83. The van der Waals surface area contributed by atoms with E-state index in [-0.39, 0.29) is 12.3 Å². The first-order valence-electron chi connectivity index (χ1n) is 5.54. The first kappa shape index (κ1) is 11.3. The number of para-hydroxylation sites is 2. The number of H-pyrrole nitrogens is 1. The third kappa shape index (κ3) is 2.11. The minimum atomic E-state index is -0.435. The van der Waals surface area contributed by atoms with Gasteiger partial charge in [-0.2, -0.15) is 0 Å². The molecule has 1 atom stereocenters. The number of nitrogens with one attached hydrogen (secondary N) is 1. The standard InChI is InChI=1S/C12H10N2O3S/c15-10-5-7(11(16)17-10)6-18-12-13-8-3-1-2-4-9(8)14-12/h1-4,7H,5-6H2,(H,13,14). The molecule has 0 aliphatic carbocycles. The molecule has 2 aromatic rings. The molecule has 1 aliphatic rings. The molecule has 92 valence electrons. The van der Waals surface area contributed by atoms with Gasteiger partial charge in [-0.3, -0.25) is 9.59 Å². The highest BCUT2D eigenvalue weighted by atomic mass is 32.2. The average Bonchev–Trinajstić information content (AvgIpc) is 2.89. The fourth-order valence-corrected chi connectivity index (χ4v) is 2.78. The van der Waals surface area contributed by atoms with Crippen LogP contribution in [-0.2, 0) is 14.3 Å². The van der Waals surface area contributed by atoms with Crippen LogP contribution >= 0.6 is 11.8 Å². The number of rotatable bonds is 3. The summed E-state index contributed by atoms with van der Waals surface area (Å²) in [5.41, 5.74) is 1.86. The molecule has 1 aromatic heterocycles. The zero-order chi connectivity index (χ0) is 12.5. The second-order valence-corrected chi connectivity index (χ2v) is 5.07. The molecule has 0 amide bonds. The van der Waals surface area contributed by atoms with Crippen molar-refractivity contribution in [2.45, 2.75) is 11.6 Å². The van der Waals surface area contributed by atoms with E-state index in [1.807, 2.05) is 24.3 Å². The number of thioether (sulfide) groups is 1. The van der Waals surface area contributed by atoms with Crippen molar-refractivity contribution in [3.63, 3.8) is 0 Å². The summed E-state index contributed by atoms with van der Waals surface area (Å²) in [6.45, 7) is 0. The number of hydrogen-bond acceptors (Lipinski definition) is 5. The Labute approximate surface area is 107 Å². The molecule has 18 heavy (non-hydrogen) atoms.